The molecule has 0 aliphatic rings. The van der Waals surface area contributed by atoms with Crippen molar-refractivity contribution in [1.82, 2.24) is 10.9 Å². The maximum Gasteiger partial charge on any atom is 0.269 e. The molecule has 2 aromatic carbocycles. The number of hydrogen-bond donors (Lipinski definition) is 2. The van der Waals surface area contributed by atoms with Crippen LogP contribution in [0.2, 0.25) is 0 Å². The molecule has 22 heavy (non-hydrogen) atoms. The molecule has 0 bridgehead atoms. The summed E-state index contributed by atoms with van der Waals surface area (Å²) in [6.45, 7) is 2.37. The van der Waals surface area contributed by atoms with Gasteiger partial charge in [0.05, 0.1) is 6.61 Å². The van der Waals surface area contributed by atoms with E-state index in [0.29, 0.717) is 17.7 Å². The Balaban J connectivity index is 1.96. The van der Waals surface area contributed by atoms with Gasteiger partial charge in [-0.2, -0.15) is 0 Å². The van der Waals surface area contributed by atoms with Gasteiger partial charge >= 0.3 is 0 Å². The summed E-state index contributed by atoms with van der Waals surface area (Å²) in [5.74, 6) is -0.736. The Bertz CT molecular complexity index is 666. The SMILES string of the molecule is COCc1cccc(C(=O)NNC(=O)c2ccc(C)cc2)c1. The van der Waals surface area contributed by atoms with E-state index in [4.69, 9.17) is 4.74 Å². The van der Waals surface area contributed by atoms with Crippen LogP contribution >= 0.6 is 0 Å². The predicted octanol–water partition coefficient (Wildman–Crippen LogP) is 2.22. The van der Waals surface area contributed by atoms with Crippen LogP contribution in [0.15, 0.2) is 48.5 Å². The minimum absolute atomic E-state index is 0.360. The molecule has 0 heterocycles. The Morgan fingerprint density at radius 2 is 1.59 bits per heavy atom. The van der Waals surface area contributed by atoms with Crippen molar-refractivity contribution in [1.29, 1.82) is 0 Å². The zero-order chi connectivity index (χ0) is 15.9. The molecule has 2 N–H and O–H groups in total. The predicted molar refractivity (Wildman–Crippen MR) is 83.3 cm³/mol. The molecule has 2 amide bonds. The number of nitrogens with one attached hydrogen (secondary N) is 2. The van der Waals surface area contributed by atoms with Crippen molar-refractivity contribution in [2.75, 3.05) is 7.11 Å². The molecule has 0 saturated carbocycles. The highest BCUT2D eigenvalue weighted by atomic mass is 16.5. The molecule has 2 aromatic rings. The summed E-state index contributed by atoms with van der Waals surface area (Å²) in [6.07, 6.45) is 0. The van der Waals surface area contributed by atoms with Crippen molar-refractivity contribution in [3.8, 4) is 0 Å². The molecule has 0 fully saturated rings. The third-order valence-electron chi connectivity index (χ3n) is 3.10. The lowest BCUT2D eigenvalue weighted by molar-refractivity contribution is 0.0846. The van der Waals surface area contributed by atoms with Gasteiger partial charge in [-0.05, 0) is 36.8 Å². The lowest BCUT2D eigenvalue weighted by atomic mass is 10.1. The first-order valence-electron chi connectivity index (χ1n) is 6.85. The highest BCUT2D eigenvalue weighted by molar-refractivity contribution is 5.99. The van der Waals surface area contributed by atoms with E-state index < -0.39 is 0 Å². The maximum atomic E-state index is 12.0. The van der Waals surface area contributed by atoms with Crippen molar-refractivity contribution < 1.29 is 14.3 Å². The molecule has 2 rings (SSSR count). The van der Waals surface area contributed by atoms with Crippen LogP contribution in [-0.2, 0) is 11.3 Å². The van der Waals surface area contributed by atoms with Gasteiger partial charge < -0.3 is 4.74 Å². The number of carbonyl (C=O) groups is 2. The van der Waals surface area contributed by atoms with Gasteiger partial charge in [-0.15, -0.1) is 0 Å². The van der Waals surface area contributed by atoms with Crippen LogP contribution in [0.1, 0.15) is 31.8 Å². The molecule has 114 valence electrons. The molecule has 5 nitrogen and oxygen atoms in total. The topological polar surface area (TPSA) is 67.4 Å². The Labute approximate surface area is 129 Å². The van der Waals surface area contributed by atoms with Crippen molar-refractivity contribution >= 4 is 11.8 Å². The quantitative estimate of drug-likeness (QED) is 0.850. The number of aryl methyl sites for hydroxylation is 1. The molecule has 0 unspecified atom stereocenters. The highest BCUT2D eigenvalue weighted by Gasteiger charge is 2.09. The fourth-order valence-corrected chi connectivity index (χ4v) is 1.93. The maximum absolute atomic E-state index is 12.0. The van der Waals surface area contributed by atoms with E-state index in [2.05, 4.69) is 10.9 Å². The second-order valence-corrected chi connectivity index (χ2v) is 4.91. The van der Waals surface area contributed by atoms with Crippen LogP contribution in [-0.4, -0.2) is 18.9 Å². The van der Waals surface area contributed by atoms with Gasteiger partial charge in [0, 0.05) is 18.2 Å². The van der Waals surface area contributed by atoms with E-state index in [-0.39, 0.29) is 11.8 Å². The minimum Gasteiger partial charge on any atom is -0.380 e. The van der Waals surface area contributed by atoms with Crippen LogP contribution in [0, 0.1) is 6.92 Å². The van der Waals surface area contributed by atoms with Gasteiger partial charge in [0.2, 0.25) is 0 Å². The van der Waals surface area contributed by atoms with Gasteiger partial charge in [0.15, 0.2) is 0 Å². The summed E-state index contributed by atoms with van der Waals surface area (Å²) < 4.78 is 5.03. The zero-order valence-electron chi connectivity index (χ0n) is 12.6. The number of benzene rings is 2. The largest absolute Gasteiger partial charge is 0.380 e. The van der Waals surface area contributed by atoms with E-state index in [1.54, 1.807) is 37.4 Å². The molecule has 0 atom stereocenters. The first kappa shape index (κ1) is 15.7. The van der Waals surface area contributed by atoms with Crippen molar-refractivity contribution in [3.63, 3.8) is 0 Å². The summed E-state index contributed by atoms with van der Waals surface area (Å²) in [4.78, 5) is 23.9. The number of ether oxygens (including phenoxy) is 1. The average Bonchev–Trinajstić information content (AvgIpc) is 2.53. The van der Waals surface area contributed by atoms with Crippen LogP contribution < -0.4 is 10.9 Å². The Kier molecular flexibility index (Phi) is 5.27. The van der Waals surface area contributed by atoms with Crippen LogP contribution in [0.5, 0.6) is 0 Å². The fraction of sp³-hybridized carbons (Fsp3) is 0.176. The van der Waals surface area contributed by atoms with E-state index in [0.717, 1.165) is 11.1 Å². The summed E-state index contributed by atoms with van der Waals surface area (Å²) >= 11 is 0. The number of methoxy groups -OCH3 is 1. The smallest absolute Gasteiger partial charge is 0.269 e. The van der Waals surface area contributed by atoms with Crippen molar-refractivity contribution in [2.45, 2.75) is 13.5 Å². The van der Waals surface area contributed by atoms with Gasteiger partial charge in [-0.25, -0.2) is 0 Å². The second-order valence-electron chi connectivity index (χ2n) is 4.91. The number of hydrazine groups is 1. The third kappa shape index (κ3) is 4.17. The number of carbonyl (C=O) groups excluding carboxylic acids is 2. The zero-order valence-corrected chi connectivity index (χ0v) is 12.6. The number of hydrogen-bond acceptors (Lipinski definition) is 3. The summed E-state index contributed by atoms with van der Waals surface area (Å²) in [6, 6.07) is 14.1. The average molecular weight is 298 g/mol. The van der Waals surface area contributed by atoms with E-state index in [9.17, 15) is 9.59 Å². The first-order valence-corrected chi connectivity index (χ1v) is 6.85. The molecule has 0 aliphatic heterocycles. The summed E-state index contributed by atoms with van der Waals surface area (Å²) in [5, 5.41) is 0. The van der Waals surface area contributed by atoms with Crippen molar-refractivity contribution in [2.24, 2.45) is 0 Å². The van der Waals surface area contributed by atoms with Gasteiger partial charge in [-0.1, -0.05) is 29.8 Å². The van der Waals surface area contributed by atoms with E-state index >= 15 is 0 Å². The lowest BCUT2D eigenvalue weighted by Crippen LogP contribution is -2.41. The second kappa shape index (κ2) is 7.38. The molecule has 0 aliphatic carbocycles. The van der Waals surface area contributed by atoms with Crippen LogP contribution in [0.4, 0.5) is 0 Å². The molecule has 0 radical (unpaired) electrons. The first-order chi connectivity index (χ1) is 10.6. The van der Waals surface area contributed by atoms with Gasteiger partial charge in [-0.3, -0.25) is 20.4 Å². The van der Waals surface area contributed by atoms with Crippen molar-refractivity contribution in [3.05, 3.63) is 70.8 Å². The molecular formula is C17H18N2O3. The Hall–Kier alpha value is -2.66. The fourth-order valence-electron chi connectivity index (χ4n) is 1.93. The third-order valence-corrected chi connectivity index (χ3v) is 3.10. The number of rotatable bonds is 4. The summed E-state index contributed by atoms with van der Waals surface area (Å²) in [7, 11) is 1.59. The highest BCUT2D eigenvalue weighted by Crippen LogP contribution is 2.06. The molecule has 5 heteroatoms. The van der Waals surface area contributed by atoms with Crippen LogP contribution in [0.3, 0.4) is 0 Å². The molecule has 0 saturated heterocycles. The van der Waals surface area contributed by atoms with Crippen LogP contribution in [0.25, 0.3) is 0 Å². The van der Waals surface area contributed by atoms with Gasteiger partial charge in [0.1, 0.15) is 0 Å². The molecular weight excluding hydrogens is 280 g/mol. The molecule has 0 spiro atoms. The Morgan fingerprint density at radius 3 is 2.23 bits per heavy atom. The lowest BCUT2D eigenvalue weighted by Gasteiger charge is -2.08. The minimum atomic E-state index is -0.376. The van der Waals surface area contributed by atoms with Gasteiger partial charge in [0.25, 0.3) is 11.8 Å². The standard InChI is InChI=1S/C17H18N2O3/c1-12-6-8-14(9-7-12)16(20)18-19-17(21)15-5-3-4-13(10-15)11-22-2/h3-10H,11H2,1-2H3,(H,18,20)(H,19,21). The Morgan fingerprint density at radius 1 is 0.955 bits per heavy atom. The summed E-state index contributed by atoms with van der Waals surface area (Å²) in [5.41, 5.74) is 7.70. The monoisotopic (exact) mass is 298 g/mol. The normalized spacial score (nSPS) is 10.1. The van der Waals surface area contributed by atoms with E-state index in [1.165, 1.54) is 0 Å². The van der Waals surface area contributed by atoms with E-state index in [1.807, 2.05) is 25.1 Å². The number of amides is 2. The molecule has 0 aromatic heterocycles.